The van der Waals surface area contributed by atoms with Gasteiger partial charge in [-0.25, -0.2) is 14.6 Å². The van der Waals surface area contributed by atoms with Crippen LogP contribution in [0.2, 0.25) is 0 Å². The second kappa shape index (κ2) is 7.85. The van der Waals surface area contributed by atoms with Crippen LogP contribution >= 0.6 is 0 Å². The monoisotopic (exact) mass is 382 g/mol. The van der Waals surface area contributed by atoms with Crippen molar-refractivity contribution in [2.75, 3.05) is 37.7 Å². The largest absolute Gasteiger partial charge is 0.462 e. The highest BCUT2D eigenvalue weighted by Crippen LogP contribution is 2.16. The standard InChI is InChI=1S/C20H22N4O4/c1-2-27-19(25)15-7-8-18(21-13-15)23-11-9-22(10-12-23)14-24-16-5-3-4-6-17(16)28-20(24)26/h3-8,13H,2,9-12,14H2,1H3. The van der Waals surface area contributed by atoms with Crippen molar-refractivity contribution in [3.8, 4) is 0 Å². The Bertz CT molecular complexity index is 1020. The zero-order valence-electron chi connectivity index (χ0n) is 15.7. The van der Waals surface area contributed by atoms with Gasteiger partial charge in [0.15, 0.2) is 5.58 Å². The molecule has 4 rings (SSSR count). The molecule has 8 heteroatoms. The molecule has 3 aromatic rings. The molecule has 2 aromatic heterocycles. The Morgan fingerprint density at radius 3 is 2.64 bits per heavy atom. The van der Waals surface area contributed by atoms with Crippen molar-refractivity contribution >= 4 is 22.9 Å². The summed E-state index contributed by atoms with van der Waals surface area (Å²) in [6.45, 7) is 5.79. The zero-order valence-corrected chi connectivity index (χ0v) is 15.7. The van der Waals surface area contributed by atoms with Gasteiger partial charge in [0.1, 0.15) is 5.82 Å². The number of nitrogens with zero attached hydrogens (tertiary/aromatic N) is 4. The van der Waals surface area contributed by atoms with Crippen LogP contribution in [0, 0.1) is 0 Å². The number of rotatable bonds is 5. The molecule has 0 N–H and O–H groups in total. The molecule has 0 aliphatic carbocycles. The first kappa shape index (κ1) is 18.2. The van der Waals surface area contributed by atoms with Gasteiger partial charge in [-0.05, 0) is 31.2 Å². The fraction of sp³-hybridized carbons (Fsp3) is 0.350. The van der Waals surface area contributed by atoms with E-state index >= 15 is 0 Å². The van der Waals surface area contributed by atoms with Gasteiger partial charge in [-0.3, -0.25) is 9.47 Å². The maximum Gasteiger partial charge on any atom is 0.421 e. The predicted molar refractivity (Wildman–Crippen MR) is 104 cm³/mol. The first-order valence-corrected chi connectivity index (χ1v) is 9.34. The average Bonchev–Trinajstić information content (AvgIpc) is 3.04. The molecule has 0 unspecified atom stereocenters. The van der Waals surface area contributed by atoms with Crippen molar-refractivity contribution in [1.29, 1.82) is 0 Å². The minimum atomic E-state index is -0.357. The second-order valence-electron chi connectivity index (χ2n) is 6.64. The molecule has 1 aliphatic heterocycles. The Morgan fingerprint density at radius 2 is 1.93 bits per heavy atom. The second-order valence-corrected chi connectivity index (χ2v) is 6.64. The minimum Gasteiger partial charge on any atom is -0.462 e. The molecule has 0 atom stereocenters. The van der Waals surface area contributed by atoms with Crippen LogP contribution in [0.25, 0.3) is 11.1 Å². The van der Waals surface area contributed by atoms with Gasteiger partial charge in [0.05, 0.1) is 24.4 Å². The van der Waals surface area contributed by atoms with Crippen molar-refractivity contribution in [3.63, 3.8) is 0 Å². The fourth-order valence-electron chi connectivity index (χ4n) is 3.37. The van der Waals surface area contributed by atoms with E-state index in [4.69, 9.17) is 9.15 Å². The number of piperazine rings is 1. The van der Waals surface area contributed by atoms with Crippen molar-refractivity contribution < 1.29 is 13.9 Å². The van der Waals surface area contributed by atoms with Crippen molar-refractivity contribution in [2.24, 2.45) is 0 Å². The first-order chi connectivity index (χ1) is 13.7. The molecule has 3 heterocycles. The van der Waals surface area contributed by atoms with E-state index in [1.807, 2.05) is 24.3 Å². The number of hydrogen-bond donors (Lipinski definition) is 0. The summed E-state index contributed by atoms with van der Waals surface area (Å²) in [5, 5.41) is 0. The smallest absolute Gasteiger partial charge is 0.421 e. The van der Waals surface area contributed by atoms with Crippen molar-refractivity contribution in [1.82, 2.24) is 14.5 Å². The summed E-state index contributed by atoms with van der Waals surface area (Å²) in [6.07, 6.45) is 1.55. The number of hydrogen-bond acceptors (Lipinski definition) is 7. The minimum absolute atomic E-state index is 0.333. The molecule has 1 fully saturated rings. The number of benzene rings is 1. The Labute approximate surface area is 161 Å². The lowest BCUT2D eigenvalue weighted by Gasteiger charge is -2.35. The number of pyridine rings is 1. The number of carbonyl (C=O) groups is 1. The summed E-state index contributed by atoms with van der Waals surface area (Å²) in [6, 6.07) is 11.0. The van der Waals surface area contributed by atoms with Gasteiger partial charge in [0, 0.05) is 32.4 Å². The van der Waals surface area contributed by atoms with Crippen molar-refractivity contribution in [2.45, 2.75) is 13.6 Å². The van der Waals surface area contributed by atoms with Crippen LogP contribution in [0.4, 0.5) is 5.82 Å². The molecular weight excluding hydrogens is 360 g/mol. The summed E-state index contributed by atoms with van der Waals surface area (Å²) in [5.41, 5.74) is 1.87. The van der Waals surface area contributed by atoms with E-state index in [1.165, 1.54) is 0 Å². The molecule has 1 aliphatic rings. The number of carbonyl (C=O) groups excluding carboxylic acids is 1. The molecule has 1 aromatic carbocycles. The van der Waals surface area contributed by atoms with E-state index in [2.05, 4.69) is 14.8 Å². The van der Waals surface area contributed by atoms with E-state index in [1.54, 1.807) is 29.8 Å². The van der Waals surface area contributed by atoms with Crippen LogP contribution in [0.3, 0.4) is 0 Å². The van der Waals surface area contributed by atoms with Gasteiger partial charge in [-0.2, -0.15) is 0 Å². The molecular formula is C20H22N4O4. The number of fused-ring (bicyclic) bond motifs is 1. The van der Waals surface area contributed by atoms with Gasteiger partial charge < -0.3 is 14.1 Å². The first-order valence-electron chi connectivity index (χ1n) is 9.34. The average molecular weight is 382 g/mol. The number of esters is 1. The molecule has 0 bridgehead atoms. The van der Waals surface area contributed by atoms with Crippen molar-refractivity contribution in [3.05, 3.63) is 58.7 Å². The summed E-state index contributed by atoms with van der Waals surface area (Å²) in [5.74, 6) is 0.141. The van der Waals surface area contributed by atoms with Crippen LogP contribution in [-0.4, -0.2) is 53.2 Å². The van der Waals surface area contributed by atoms with Gasteiger partial charge in [-0.15, -0.1) is 0 Å². The molecule has 0 saturated carbocycles. The summed E-state index contributed by atoms with van der Waals surface area (Å²) in [4.78, 5) is 32.7. The molecule has 0 amide bonds. The number of anilines is 1. The van der Waals surface area contributed by atoms with Gasteiger partial charge in [-0.1, -0.05) is 12.1 Å². The van der Waals surface area contributed by atoms with Crippen LogP contribution in [-0.2, 0) is 11.4 Å². The number of ether oxygens (including phenoxy) is 1. The Hall–Kier alpha value is -3.13. The quantitative estimate of drug-likeness (QED) is 0.624. The highest BCUT2D eigenvalue weighted by molar-refractivity contribution is 5.89. The normalized spacial score (nSPS) is 15.1. The third-order valence-electron chi connectivity index (χ3n) is 4.87. The maximum absolute atomic E-state index is 12.1. The highest BCUT2D eigenvalue weighted by Gasteiger charge is 2.20. The maximum atomic E-state index is 12.1. The Balaban J connectivity index is 1.39. The van der Waals surface area contributed by atoms with E-state index < -0.39 is 0 Å². The number of aromatic nitrogens is 2. The lowest BCUT2D eigenvalue weighted by atomic mass is 10.2. The molecule has 0 radical (unpaired) electrons. The summed E-state index contributed by atoms with van der Waals surface area (Å²) >= 11 is 0. The van der Waals surface area contributed by atoms with Crippen LogP contribution in [0.15, 0.2) is 51.8 Å². The van der Waals surface area contributed by atoms with Crippen LogP contribution in [0.5, 0.6) is 0 Å². The SMILES string of the molecule is CCOC(=O)c1ccc(N2CCN(Cn3c(=O)oc4ccccc43)CC2)nc1. The van der Waals surface area contributed by atoms with E-state index in [-0.39, 0.29) is 11.7 Å². The predicted octanol–water partition coefficient (Wildman–Crippen LogP) is 1.95. The third-order valence-corrected chi connectivity index (χ3v) is 4.87. The third kappa shape index (κ3) is 3.63. The summed E-state index contributed by atoms with van der Waals surface area (Å²) < 4.78 is 11.9. The highest BCUT2D eigenvalue weighted by atomic mass is 16.5. The van der Waals surface area contributed by atoms with E-state index in [9.17, 15) is 9.59 Å². The molecule has 8 nitrogen and oxygen atoms in total. The van der Waals surface area contributed by atoms with Crippen LogP contribution < -0.4 is 10.7 Å². The topological polar surface area (TPSA) is 80.8 Å². The van der Waals surface area contributed by atoms with Gasteiger partial charge in [0.25, 0.3) is 0 Å². The van der Waals surface area contributed by atoms with E-state index in [0.717, 1.165) is 37.5 Å². The Morgan fingerprint density at radius 1 is 1.14 bits per heavy atom. The van der Waals surface area contributed by atoms with Gasteiger partial charge in [0.2, 0.25) is 0 Å². The van der Waals surface area contributed by atoms with Crippen LogP contribution in [0.1, 0.15) is 17.3 Å². The number of para-hydroxylation sites is 2. The van der Waals surface area contributed by atoms with Gasteiger partial charge >= 0.3 is 11.7 Å². The molecule has 1 saturated heterocycles. The zero-order chi connectivity index (χ0) is 19.5. The lowest BCUT2D eigenvalue weighted by molar-refractivity contribution is 0.0526. The molecule has 0 spiro atoms. The number of oxazole rings is 1. The lowest BCUT2D eigenvalue weighted by Crippen LogP contribution is -2.47. The molecule has 28 heavy (non-hydrogen) atoms. The Kier molecular flexibility index (Phi) is 5.12. The summed E-state index contributed by atoms with van der Waals surface area (Å²) in [7, 11) is 0. The van der Waals surface area contributed by atoms with E-state index in [0.29, 0.717) is 24.4 Å². The molecule has 146 valence electrons. The fourth-order valence-corrected chi connectivity index (χ4v) is 3.37.